The second-order valence-electron chi connectivity index (χ2n) is 9.64. The molecule has 0 saturated heterocycles. The van der Waals surface area contributed by atoms with Crippen molar-refractivity contribution < 1.29 is 9.13 Å². The number of nitrogens with zero attached hydrogens (tertiary/aromatic N) is 7. The zero-order valence-corrected chi connectivity index (χ0v) is 20.9. The van der Waals surface area contributed by atoms with Crippen LogP contribution in [0.15, 0.2) is 66.2 Å². The van der Waals surface area contributed by atoms with E-state index in [1.165, 1.54) is 12.1 Å². The molecule has 1 fully saturated rings. The lowest BCUT2D eigenvalue weighted by molar-refractivity contribution is 0.117. The van der Waals surface area contributed by atoms with Crippen molar-refractivity contribution in [2.45, 2.75) is 37.8 Å². The molecule has 0 radical (unpaired) electrons. The summed E-state index contributed by atoms with van der Waals surface area (Å²) in [4.78, 5) is 4.63. The topological polar surface area (TPSA) is 85.4 Å². The Hall–Kier alpha value is -4.21. The molecule has 190 valence electrons. The number of hydrogen-bond donors (Lipinski definition) is 1. The summed E-state index contributed by atoms with van der Waals surface area (Å²) >= 11 is 0. The van der Waals surface area contributed by atoms with Crippen LogP contribution in [-0.2, 0) is 11.8 Å². The summed E-state index contributed by atoms with van der Waals surface area (Å²) in [6, 6.07) is 8.51. The quantitative estimate of drug-likeness (QED) is 0.414. The first-order chi connectivity index (χ1) is 18.0. The number of aromatic nitrogens is 5. The van der Waals surface area contributed by atoms with Gasteiger partial charge in [0.2, 0.25) is 5.90 Å². The highest BCUT2D eigenvalue weighted by molar-refractivity contribution is 5.94. The van der Waals surface area contributed by atoms with Crippen LogP contribution in [0.25, 0.3) is 22.2 Å². The molecule has 1 aliphatic carbocycles. The van der Waals surface area contributed by atoms with Crippen LogP contribution in [0.4, 0.5) is 15.9 Å². The van der Waals surface area contributed by atoms with Crippen LogP contribution in [0.1, 0.15) is 31.7 Å². The van der Waals surface area contributed by atoms with Gasteiger partial charge in [0.25, 0.3) is 0 Å². The van der Waals surface area contributed by atoms with Gasteiger partial charge in [-0.1, -0.05) is 6.08 Å². The molecule has 0 atom stereocenters. The Balaban J connectivity index is 1.28. The van der Waals surface area contributed by atoms with E-state index >= 15 is 0 Å². The molecule has 9 nitrogen and oxygen atoms in total. The summed E-state index contributed by atoms with van der Waals surface area (Å²) < 4.78 is 23.4. The highest BCUT2D eigenvalue weighted by Gasteiger charge is 2.27. The van der Waals surface area contributed by atoms with Crippen molar-refractivity contribution in [1.29, 1.82) is 0 Å². The minimum atomic E-state index is -0.272. The minimum Gasteiger partial charge on any atom is -0.473 e. The Morgan fingerprint density at radius 3 is 2.59 bits per heavy atom. The van der Waals surface area contributed by atoms with E-state index in [2.05, 4.69) is 31.3 Å². The van der Waals surface area contributed by atoms with Crippen LogP contribution in [0.3, 0.4) is 0 Å². The van der Waals surface area contributed by atoms with E-state index < -0.39 is 0 Å². The molecule has 4 aromatic rings. The average Bonchev–Trinajstić information content (AvgIpc) is 3.49. The number of nitrogens with one attached hydrogen (secondary N) is 1. The van der Waals surface area contributed by atoms with Gasteiger partial charge in [-0.2, -0.15) is 10.2 Å². The smallest absolute Gasteiger partial charge is 0.230 e. The Bertz CT molecular complexity index is 1460. The molecule has 0 amide bonds. The van der Waals surface area contributed by atoms with Crippen LogP contribution >= 0.6 is 0 Å². The van der Waals surface area contributed by atoms with Crippen molar-refractivity contribution in [3.05, 3.63) is 66.9 Å². The number of likely N-dealkylation sites (N-methyl/N-ethyl adjacent to an activating group) is 1. The fraction of sp³-hybridized carbons (Fsp3) is 0.333. The molecule has 1 aliphatic heterocycles. The average molecular weight is 501 g/mol. The Morgan fingerprint density at radius 1 is 1.05 bits per heavy atom. The predicted octanol–water partition coefficient (Wildman–Crippen LogP) is 5.03. The van der Waals surface area contributed by atoms with Crippen molar-refractivity contribution in [3.8, 4) is 11.3 Å². The van der Waals surface area contributed by atoms with Crippen LogP contribution in [0.5, 0.6) is 0 Å². The molecule has 0 bridgehead atoms. The second kappa shape index (κ2) is 9.68. The van der Waals surface area contributed by atoms with E-state index in [1.54, 1.807) is 16.8 Å². The van der Waals surface area contributed by atoms with Gasteiger partial charge in [0, 0.05) is 49.2 Å². The van der Waals surface area contributed by atoms with E-state index in [4.69, 9.17) is 9.84 Å². The van der Waals surface area contributed by atoms with Crippen LogP contribution in [-0.4, -0.2) is 55.1 Å². The van der Waals surface area contributed by atoms with Gasteiger partial charge in [0.1, 0.15) is 23.4 Å². The lowest BCUT2D eigenvalue weighted by Gasteiger charge is -2.30. The van der Waals surface area contributed by atoms with Crippen LogP contribution in [0.2, 0.25) is 0 Å². The Labute approximate surface area is 214 Å². The molecular formula is C27H29FN8O. The number of benzene rings is 1. The van der Waals surface area contributed by atoms with Gasteiger partial charge in [0.15, 0.2) is 0 Å². The summed E-state index contributed by atoms with van der Waals surface area (Å²) in [5, 5.41) is 20.0. The third kappa shape index (κ3) is 4.91. The molecule has 4 heterocycles. The molecule has 6 rings (SSSR count). The standard InChI is InChI=1S/C27H29FN8O/c1-34-13-3-4-26(32-34)37-22-11-9-21(10-12-22)36-24-14-25(31-20-7-5-19(28)6-8-20)29-16-23(24)27(33-36)18-15-30-35(2)17-18/h3-8,14-17,21-22H,9-13H2,1-2H3,(H,29,31). The van der Waals surface area contributed by atoms with Crippen LogP contribution in [0, 0.1) is 5.82 Å². The van der Waals surface area contributed by atoms with E-state index in [9.17, 15) is 4.39 Å². The van der Waals surface area contributed by atoms with Gasteiger partial charge < -0.3 is 10.1 Å². The molecular weight excluding hydrogens is 471 g/mol. The Morgan fingerprint density at radius 2 is 1.86 bits per heavy atom. The van der Waals surface area contributed by atoms with E-state index in [-0.39, 0.29) is 18.0 Å². The van der Waals surface area contributed by atoms with E-state index in [0.717, 1.165) is 60.1 Å². The molecule has 10 heteroatoms. The fourth-order valence-electron chi connectivity index (χ4n) is 5.01. The summed E-state index contributed by atoms with van der Waals surface area (Å²) in [5.41, 5.74) is 3.60. The fourth-order valence-corrected chi connectivity index (χ4v) is 5.01. The number of pyridine rings is 1. The monoisotopic (exact) mass is 500 g/mol. The summed E-state index contributed by atoms with van der Waals surface area (Å²) in [6.07, 6.45) is 13.6. The summed E-state index contributed by atoms with van der Waals surface area (Å²) in [7, 11) is 3.84. The maximum atomic E-state index is 13.4. The van der Waals surface area contributed by atoms with Crippen molar-refractivity contribution in [2.75, 3.05) is 18.9 Å². The number of ether oxygens (including phenoxy) is 1. The van der Waals surface area contributed by atoms with Crippen molar-refractivity contribution >= 4 is 28.3 Å². The number of anilines is 2. The molecule has 3 aromatic heterocycles. The maximum absolute atomic E-state index is 13.4. The normalized spacial score (nSPS) is 19.8. The number of hydrogen-bond acceptors (Lipinski definition) is 7. The first-order valence-electron chi connectivity index (χ1n) is 12.5. The summed E-state index contributed by atoms with van der Waals surface area (Å²) in [5.74, 6) is 1.09. The molecule has 2 aliphatic rings. The molecule has 0 spiro atoms. The number of halogens is 1. The number of rotatable bonds is 5. The Kier molecular flexibility index (Phi) is 6.07. The molecule has 37 heavy (non-hydrogen) atoms. The second-order valence-corrected chi connectivity index (χ2v) is 9.64. The molecule has 1 aromatic carbocycles. The first kappa shape index (κ1) is 23.2. The minimum absolute atomic E-state index is 0.142. The van der Waals surface area contributed by atoms with E-state index in [1.807, 2.05) is 49.8 Å². The largest absolute Gasteiger partial charge is 0.473 e. The zero-order valence-electron chi connectivity index (χ0n) is 20.9. The molecule has 0 unspecified atom stereocenters. The van der Waals surface area contributed by atoms with Crippen LogP contribution < -0.4 is 5.32 Å². The van der Waals surface area contributed by atoms with Gasteiger partial charge in [-0.15, -0.1) is 5.10 Å². The van der Waals surface area contributed by atoms with Crippen molar-refractivity contribution in [2.24, 2.45) is 12.1 Å². The third-order valence-corrected chi connectivity index (χ3v) is 6.86. The highest BCUT2D eigenvalue weighted by atomic mass is 19.1. The zero-order chi connectivity index (χ0) is 25.4. The molecule has 1 saturated carbocycles. The highest BCUT2D eigenvalue weighted by Crippen LogP contribution is 2.36. The molecule has 1 N–H and O–H groups in total. The number of aryl methyl sites for hydroxylation is 1. The first-order valence-corrected chi connectivity index (χ1v) is 12.5. The van der Waals surface area contributed by atoms with Gasteiger partial charge in [-0.3, -0.25) is 14.4 Å². The lowest BCUT2D eigenvalue weighted by atomic mass is 9.93. The number of fused-ring (bicyclic) bond motifs is 1. The van der Waals surface area contributed by atoms with Gasteiger partial charge in [0.05, 0.1) is 24.3 Å². The van der Waals surface area contributed by atoms with E-state index in [0.29, 0.717) is 11.7 Å². The van der Waals surface area contributed by atoms with Gasteiger partial charge in [-0.05, 0) is 56.0 Å². The van der Waals surface area contributed by atoms with Gasteiger partial charge in [-0.25, -0.2) is 9.37 Å². The van der Waals surface area contributed by atoms with Gasteiger partial charge >= 0.3 is 0 Å². The lowest BCUT2D eigenvalue weighted by Crippen LogP contribution is -2.28. The maximum Gasteiger partial charge on any atom is 0.230 e. The summed E-state index contributed by atoms with van der Waals surface area (Å²) in [6.45, 7) is 0.804. The predicted molar refractivity (Wildman–Crippen MR) is 141 cm³/mol. The van der Waals surface area contributed by atoms with Crippen molar-refractivity contribution in [1.82, 2.24) is 29.6 Å². The number of hydrazone groups is 1. The third-order valence-electron chi connectivity index (χ3n) is 6.86. The SMILES string of the molecule is CN1CC=CC(OC2CCC(n3nc(-c4cnn(C)c4)c4cnc(Nc5ccc(F)cc5)cc43)CC2)=N1. The van der Waals surface area contributed by atoms with Crippen molar-refractivity contribution in [3.63, 3.8) is 0 Å².